The Morgan fingerprint density at radius 2 is 0.848 bits per heavy atom. The van der Waals surface area contributed by atoms with Gasteiger partial charge in [-0.05, 0) is 88.4 Å². The van der Waals surface area contributed by atoms with E-state index >= 15 is 0 Å². The van der Waals surface area contributed by atoms with Gasteiger partial charge >= 0.3 is 11.9 Å². The number of carbonyl (C=O) groups is 2. The molecule has 0 aliphatic carbocycles. The predicted octanol–water partition coefficient (Wildman–Crippen LogP) is 4.51. The number of esters is 2. The maximum Gasteiger partial charge on any atom is 0.307 e. The van der Waals surface area contributed by atoms with E-state index < -0.39 is 5.41 Å². The first-order valence-corrected chi connectivity index (χ1v) is 17.5. The van der Waals surface area contributed by atoms with Gasteiger partial charge in [0.2, 0.25) is 0 Å². The molecule has 0 atom stereocenters. The lowest BCUT2D eigenvalue weighted by Crippen LogP contribution is -2.37. The third-order valence-corrected chi connectivity index (χ3v) is 7.24. The smallest absolute Gasteiger partial charge is 0.307 e. The molecule has 0 aromatic heterocycles. The molecule has 0 amide bonds. The molecule has 0 N–H and O–H groups in total. The van der Waals surface area contributed by atoms with Crippen LogP contribution in [0.1, 0.15) is 87.0 Å². The minimum Gasteiger partial charge on any atom is -0.465 e. The van der Waals surface area contributed by atoms with Crippen molar-refractivity contribution >= 4 is 11.9 Å². The highest BCUT2D eigenvalue weighted by Crippen LogP contribution is 2.20. The van der Waals surface area contributed by atoms with Crippen LogP contribution in [0.3, 0.4) is 0 Å². The van der Waals surface area contributed by atoms with Gasteiger partial charge < -0.3 is 43.1 Å². The number of hydrogen-bond donors (Lipinski definition) is 0. The molecule has 0 spiro atoms. The molecule has 11 heteroatoms. The van der Waals surface area contributed by atoms with Gasteiger partial charge in [0.25, 0.3) is 0 Å². The first kappa shape index (κ1) is 44.7. The van der Waals surface area contributed by atoms with Crippen molar-refractivity contribution in [2.75, 3.05) is 107 Å². The van der Waals surface area contributed by atoms with Crippen molar-refractivity contribution in [3.63, 3.8) is 0 Å². The molecular weight excluding hydrogens is 590 g/mol. The first-order chi connectivity index (χ1) is 21.7. The Balaban J connectivity index is 4.71. The lowest BCUT2D eigenvalue weighted by atomic mass is 9.94. The summed E-state index contributed by atoms with van der Waals surface area (Å²) in [5.74, 6) is -0.539. The summed E-state index contributed by atoms with van der Waals surface area (Å²) in [6.07, 6.45) is 4.98. The fourth-order valence-electron chi connectivity index (χ4n) is 4.39. The van der Waals surface area contributed by atoms with Crippen LogP contribution in [0.2, 0.25) is 0 Å². The Labute approximate surface area is 281 Å². The fourth-order valence-corrected chi connectivity index (χ4v) is 4.39. The second kappa shape index (κ2) is 27.6. The van der Waals surface area contributed by atoms with Gasteiger partial charge in [-0.15, -0.1) is 0 Å². The summed E-state index contributed by atoms with van der Waals surface area (Å²) >= 11 is 0. The third-order valence-electron chi connectivity index (χ3n) is 7.24. The first-order valence-electron chi connectivity index (χ1n) is 17.5. The van der Waals surface area contributed by atoms with Crippen molar-refractivity contribution in [1.29, 1.82) is 0 Å². The molecule has 0 unspecified atom stereocenters. The lowest BCUT2D eigenvalue weighted by molar-refractivity contribution is -0.156. The van der Waals surface area contributed by atoms with Gasteiger partial charge in [0, 0.05) is 65.7 Å². The van der Waals surface area contributed by atoms with Crippen molar-refractivity contribution in [1.82, 2.24) is 14.7 Å². The van der Waals surface area contributed by atoms with E-state index in [9.17, 15) is 9.59 Å². The zero-order chi connectivity index (χ0) is 34.8. The van der Waals surface area contributed by atoms with Crippen molar-refractivity contribution in [2.24, 2.45) is 5.41 Å². The van der Waals surface area contributed by atoms with Crippen LogP contribution in [0.25, 0.3) is 0 Å². The third kappa shape index (κ3) is 28.8. The standard InChI is InChI=1S/C35H71N3O8/c1-30(2)42-24-12-18-36(8)17-11-23-41-27-35(7,28-45-33(39)15-21-37(9)19-13-25-43-31(3)4)29-46-34(40)16-22-38(10)20-14-26-44-32(5)6/h30-32H,11-29H2,1-10H3. The van der Waals surface area contributed by atoms with Gasteiger partial charge in [0.1, 0.15) is 13.2 Å². The van der Waals surface area contributed by atoms with Crippen LogP contribution in [0, 0.1) is 5.41 Å². The number of carbonyl (C=O) groups excluding carboxylic acids is 2. The fraction of sp³-hybridized carbons (Fsp3) is 0.943. The quantitative estimate of drug-likeness (QED) is 0.0776. The molecular formula is C35H71N3O8. The van der Waals surface area contributed by atoms with Crippen molar-refractivity contribution < 1.29 is 38.0 Å². The monoisotopic (exact) mass is 662 g/mol. The van der Waals surface area contributed by atoms with Crippen LogP contribution >= 0.6 is 0 Å². The average Bonchev–Trinajstić information content (AvgIpc) is 2.99. The molecule has 0 aromatic carbocycles. The predicted molar refractivity (Wildman–Crippen MR) is 184 cm³/mol. The molecule has 0 bridgehead atoms. The van der Waals surface area contributed by atoms with Crippen LogP contribution in [-0.2, 0) is 38.0 Å². The second-order valence-electron chi connectivity index (χ2n) is 13.8. The Bertz CT molecular complexity index is 711. The summed E-state index contributed by atoms with van der Waals surface area (Å²) in [5, 5.41) is 0. The Kier molecular flexibility index (Phi) is 26.8. The van der Waals surface area contributed by atoms with Crippen LogP contribution in [-0.4, -0.2) is 152 Å². The van der Waals surface area contributed by atoms with E-state index in [4.69, 9.17) is 28.4 Å². The Morgan fingerprint density at radius 1 is 0.522 bits per heavy atom. The zero-order valence-corrected chi connectivity index (χ0v) is 31.3. The Hall–Kier alpha value is -1.34. The van der Waals surface area contributed by atoms with Crippen LogP contribution in [0.15, 0.2) is 0 Å². The van der Waals surface area contributed by atoms with E-state index in [1.807, 2.05) is 62.6 Å². The molecule has 0 radical (unpaired) electrons. The van der Waals surface area contributed by atoms with Gasteiger partial charge in [-0.3, -0.25) is 9.59 Å². The highest BCUT2D eigenvalue weighted by molar-refractivity contribution is 5.70. The van der Waals surface area contributed by atoms with E-state index in [2.05, 4.69) is 21.7 Å². The van der Waals surface area contributed by atoms with E-state index in [0.29, 0.717) is 52.4 Å². The van der Waals surface area contributed by atoms with Gasteiger partial charge in [-0.1, -0.05) is 6.92 Å². The van der Waals surface area contributed by atoms with Gasteiger partial charge in [-0.2, -0.15) is 0 Å². The largest absolute Gasteiger partial charge is 0.465 e. The minimum absolute atomic E-state index is 0.122. The molecule has 0 aromatic rings. The summed E-state index contributed by atoms with van der Waals surface area (Å²) in [5.41, 5.74) is -0.647. The van der Waals surface area contributed by atoms with E-state index in [0.717, 1.165) is 58.5 Å². The topological polar surface area (TPSA) is 99.2 Å². The number of ether oxygens (including phenoxy) is 6. The number of rotatable bonds is 31. The van der Waals surface area contributed by atoms with Gasteiger partial charge in [0.05, 0.1) is 43.2 Å². The SMILES string of the molecule is CC(C)OCCCN(C)CCCOCC(C)(COC(=O)CCN(C)CCCOC(C)C)COC(=O)CCN(C)CCCOC(C)C. The molecule has 0 aliphatic heterocycles. The average molecular weight is 662 g/mol. The molecule has 0 saturated carbocycles. The molecule has 11 nitrogen and oxygen atoms in total. The molecule has 0 rings (SSSR count). The molecule has 46 heavy (non-hydrogen) atoms. The minimum atomic E-state index is -0.647. The van der Waals surface area contributed by atoms with Crippen LogP contribution in [0.4, 0.5) is 0 Å². The molecule has 0 fully saturated rings. The van der Waals surface area contributed by atoms with Crippen LogP contribution in [0.5, 0.6) is 0 Å². The maximum absolute atomic E-state index is 12.6. The van der Waals surface area contributed by atoms with E-state index in [1.165, 1.54) is 0 Å². The van der Waals surface area contributed by atoms with E-state index in [1.54, 1.807) is 0 Å². The van der Waals surface area contributed by atoms with Gasteiger partial charge in [-0.25, -0.2) is 0 Å². The van der Waals surface area contributed by atoms with Gasteiger partial charge in [0.15, 0.2) is 0 Å². The normalized spacial score (nSPS) is 12.4. The van der Waals surface area contributed by atoms with Crippen molar-refractivity contribution in [2.45, 2.75) is 105 Å². The maximum atomic E-state index is 12.6. The van der Waals surface area contributed by atoms with Crippen LogP contribution < -0.4 is 0 Å². The number of nitrogens with zero attached hydrogens (tertiary/aromatic N) is 3. The van der Waals surface area contributed by atoms with Crippen molar-refractivity contribution in [3.05, 3.63) is 0 Å². The lowest BCUT2D eigenvalue weighted by Gasteiger charge is -2.29. The molecule has 0 heterocycles. The summed E-state index contributed by atoms with van der Waals surface area (Å²) < 4.78 is 34.2. The molecule has 274 valence electrons. The summed E-state index contributed by atoms with van der Waals surface area (Å²) in [4.78, 5) is 31.7. The van der Waals surface area contributed by atoms with Crippen molar-refractivity contribution in [3.8, 4) is 0 Å². The highest BCUT2D eigenvalue weighted by Gasteiger charge is 2.29. The molecule has 0 saturated heterocycles. The van der Waals surface area contributed by atoms with E-state index in [-0.39, 0.29) is 43.5 Å². The number of hydrogen-bond acceptors (Lipinski definition) is 11. The molecule has 0 aliphatic rings. The summed E-state index contributed by atoms with van der Waals surface area (Å²) in [7, 11) is 6.09. The summed E-state index contributed by atoms with van der Waals surface area (Å²) in [6, 6.07) is 0. The summed E-state index contributed by atoms with van der Waals surface area (Å²) in [6.45, 7) is 22.3. The zero-order valence-electron chi connectivity index (χ0n) is 31.3. The second-order valence-corrected chi connectivity index (χ2v) is 13.8. The highest BCUT2D eigenvalue weighted by atomic mass is 16.6. The Morgan fingerprint density at radius 3 is 1.20 bits per heavy atom.